The van der Waals surface area contributed by atoms with E-state index in [2.05, 4.69) is 10.2 Å². The van der Waals surface area contributed by atoms with Crippen LogP contribution in [-0.2, 0) is 9.59 Å². The number of likely N-dealkylation sites (tertiary alicyclic amines) is 1. The van der Waals surface area contributed by atoms with Crippen molar-refractivity contribution in [2.75, 3.05) is 24.5 Å². The Morgan fingerprint density at radius 3 is 2.77 bits per heavy atom. The Morgan fingerprint density at radius 1 is 1.16 bits per heavy atom. The van der Waals surface area contributed by atoms with Gasteiger partial charge in [0.15, 0.2) is 0 Å². The molecule has 0 saturated carbocycles. The van der Waals surface area contributed by atoms with E-state index in [1.54, 1.807) is 28.4 Å². The van der Waals surface area contributed by atoms with Crippen LogP contribution >= 0.6 is 22.9 Å². The number of hydrogen-bond donors (Lipinski definition) is 0. The third-order valence-corrected chi connectivity index (χ3v) is 6.98. The number of thiophene rings is 1. The second kappa shape index (κ2) is 8.43. The monoisotopic (exact) mass is 456 g/mol. The van der Waals surface area contributed by atoms with E-state index >= 15 is 0 Å². The van der Waals surface area contributed by atoms with Crippen molar-refractivity contribution in [3.8, 4) is 10.8 Å². The first-order valence-electron chi connectivity index (χ1n) is 10.3. The number of amides is 2. The second-order valence-electron chi connectivity index (χ2n) is 7.93. The van der Waals surface area contributed by atoms with Gasteiger partial charge in [-0.25, -0.2) is 0 Å². The molecule has 9 heteroatoms. The van der Waals surface area contributed by atoms with Crippen molar-refractivity contribution < 1.29 is 14.0 Å². The molecule has 5 rings (SSSR count). The first-order valence-corrected chi connectivity index (χ1v) is 11.6. The molecule has 0 radical (unpaired) electrons. The van der Waals surface area contributed by atoms with Crippen LogP contribution in [0.1, 0.15) is 31.1 Å². The Balaban J connectivity index is 1.26. The molecule has 7 nitrogen and oxygen atoms in total. The summed E-state index contributed by atoms with van der Waals surface area (Å²) in [6.07, 6.45) is 2.00. The highest BCUT2D eigenvalue weighted by Crippen LogP contribution is 2.32. The molecule has 2 amide bonds. The molecule has 0 spiro atoms. The van der Waals surface area contributed by atoms with Gasteiger partial charge in [0.05, 0.1) is 16.7 Å². The number of carbonyl (C=O) groups is 2. The number of anilines is 1. The molecule has 2 aliphatic heterocycles. The molecule has 0 bridgehead atoms. The van der Waals surface area contributed by atoms with Crippen LogP contribution in [0.25, 0.3) is 10.8 Å². The number of piperidine rings is 1. The van der Waals surface area contributed by atoms with Gasteiger partial charge < -0.3 is 14.2 Å². The predicted molar refractivity (Wildman–Crippen MR) is 118 cm³/mol. The Morgan fingerprint density at radius 2 is 2.00 bits per heavy atom. The summed E-state index contributed by atoms with van der Waals surface area (Å²) in [7, 11) is 0. The maximum atomic E-state index is 13.2. The lowest BCUT2D eigenvalue weighted by molar-refractivity contribution is -0.137. The number of carbonyl (C=O) groups excluding carboxylic acids is 2. The normalized spacial score (nSPS) is 21.6. The molecule has 2 aliphatic rings. The Hall–Kier alpha value is -2.71. The number of halogens is 1. The van der Waals surface area contributed by atoms with Crippen LogP contribution in [0.4, 0.5) is 5.69 Å². The molecule has 2 aromatic heterocycles. The number of rotatable bonds is 4. The van der Waals surface area contributed by atoms with E-state index in [9.17, 15) is 9.59 Å². The van der Waals surface area contributed by atoms with E-state index in [0.717, 1.165) is 23.4 Å². The summed E-state index contributed by atoms with van der Waals surface area (Å²) in [6.45, 7) is 1.62. The molecule has 3 aromatic rings. The Kier molecular flexibility index (Phi) is 5.50. The summed E-state index contributed by atoms with van der Waals surface area (Å²) in [5.41, 5.74) is 0.771. The molecular formula is C22H21ClN4O3S. The predicted octanol–water partition coefficient (Wildman–Crippen LogP) is 4.21. The topological polar surface area (TPSA) is 79.5 Å². The van der Waals surface area contributed by atoms with E-state index in [4.69, 9.17) is 16.0 Å². The highest BCUT2D eigenvalue weighted by molar-refractivity contribution is 7.13. The molecule has 2 atom stereocenters. The third-order valence-electron chi connectivity index (χ3n) is 5.87. The third kappa shape index (κ3) is 4.09. The molecule has 0 aliphatic carbocycles. The van der Waals surface area contributed by atoms with Crippen LogP contribution in [0.5, 0.6) is 0 Å². The van der Waals surface area contributed by atoms with Gasteiger partial charge in [-0.05, 0) is 48.6 Å². The fraction of sp³-hybridized carbons (Fsp3) is 0.364. The fourth-order valence-electron chi connectivity index (χ4n) is 4.28. The maximum Gasteiger partial charge on any atom is 0.257 e. The van der Waals surface area contributed by atoms with Crippen molar-refractivity contribution in [2.24, 2.45) is 5.92 Å². The minimum Gasteiger partial charge on any atom is -0.420 e. The fourth-order valence-corrected chi connectivity index (χ4v) is 5.05. The van der Waals surface area contributed by atoms with Crippen molar-refractivity contribution in [2.45, 2.75) is 25.2 Å². The van der Waals surface area contributed by atoms with E-state index in [0.29, 0.717) is 36.4 Å². The van der Waals surface area contributed by atoms with Gasteiger partial charge in [0, 0.05) is 36.8 Å². The lowest BCUT2D eigenvalue weighted by Crippen LogP contribution is -2.43. The smallest absolute Gasteiger partial charge is 0.257 e. The van der Waals surface area contributed by atoms with Crippen LogP contribution in [-0.4, -0.2) is 46.5 Å². The quantitative estimate of drug-likeness (QED) is 0.587. The zero-order valence-electron chi connectivity index (χ0n) is 16.7. The zero-order chi connectivity index (χ0) is 21.4. The summed E-state index contributed by atoms with van der Waals surface area (Å²) in [4.78, 5) is 30.2. The van der Waals surface area contributed by atoms with E-state index in [-0.39, 0.29) is 30.1 Å². The first kappa shape index (κ1) is 20.2. The average molecular weight is 457 g/mol. The van der Waals surface area contributed by atoms with Crippen LogP contribution in [0, 0.1) is 5.92 Å². The van der Waals surface area contributed by atoms with Crippen molar-refractivity contribution in [1.82, 2.24) is 15.1 Å². The minimum atomic E-state index is -0.341. The van der Waals surface area contributed by atoms with Crippen molar-refractivity contribution in [3.63, 3.8) is 0 Å². The van der Waals surface area contributed by atoms with Crippen molar-refractivity contribution in [1.29, 1.82) is 0 Å². The van der Waals surface area contributed by atoms with Gasteiger partial charge in [-0.1, -0.05) is 17.7 Å². The standard InChI is InChI=1S/C22H21ClN4O3S/c23-16-5-7-17(8-6-16)27-13-15(11-19(27)28)22(29)26-9-1-3-14(12-26)20-24-25-21(30-20)18-4-2-10-31-18/h2,4-8,10,14-15H,1,3,9,11-13H2. The van der Waals surface area contributed by atoms with Gasteiger partial charge in [0.1, 0.15) is 0 Å². The summed E-state index contributed by atoms with van der Waals surface area (Å²) in [6, 6.07) is 11.0. The molecule has 160 valence electrons. The van der Waals surface area contributed by atoms with Gasteiger partial charge in [0.2, 0.25) is 17.7 Å². The number of nitrogens with zero attached hydrogens (tertiary/aromatic N) is 4. The van der Waals surface area contributed by atoms with Crippen molar-refractivity contribution in [3.05, 3.63) is 52.7 Å². The van der Waals surface area contributed by atoms with Gasteiger partial charge >= 0.3 is 0 Å². The lowest BCUT2D eigenvalue weighted by atomic mass is 9.96. The average Bonchev–Trinajstić information content (AvgIpc) is 3.54. The van der Waals surface area contributed by atoms with E-state index in [1.165, 1.54) is 0 Å². The molecule has 0 N–H and O–H groups in total. The molecule has 2 fully saturated rings. The van der Waals surface area contributed by atoms with Crippen LogP contribution in [0.15, 0.2) is 46.2 Å². The SMILES string of the molecule is O=C(C1CC(=O)N(c2ccc(Cl)cc2)C1)N1CCCC(c2nnc(-c3cccs3)o2)C1. The van der Waals surface area contributed by atoms with E-state index < -0.39 is 0 Å². The lowest BCUT2D eigenvalue weighted by Gasteiger charge is -2.32. The second-order valence-corrected chi connectivity index (χ2v) is 9.31. The first-order chi connectivity index (χ1) is 15.1. The number of hydrogen-bond acceptors (Lipinski definition) is 6. The highest BCUT2D eigenvalue weighted by Gasteiger charge is 2.39. The highest BCUT2D eigenvalue weighted by atomic mass is 35.5. The number of aromatic nitrogens is 2. The zero-order valence-corrected chi connectivity index (χ0v) is 18.3. The Bertz CT molecular complexity index is 1080. The summed E-state index contributed by atoms with van der Waals surface area (Å²) in [5.74, 6) is 0.758. The molecule has 4 heterocycles. The van der Waals surface area contributed by atoms with Crippen molar-refractivity contribution >= 4 is 40.4 Å². The molecule has 2 saturated heterocycles. The molecule has 1 aromatic carbocycles. The summed E-state index contributed by atoms with van der Waals surface area (Å²) in [5, 5.41) is 11.0. The molecule has 31 heavy (non-hydrogen) atoms. The van der Waals surface area contributed by atoms with Gasteiger partial charge in [0.25, 0.3) is 5.89 Å². The maximum absolute atomic E-state index is 13.2. The molecule has 2 unspecified atom stereocenters. The number of benzene rings is 1. The summed E-state index contributed by atoms with van der Waals surface area (Å²) >= 11 is 7.50. The largest absolute Gasteiger partial charge is 0.420 e. The van der Waals surface area contributed by atoms with Gasteiger partial charge in [-0.3, -0.25) is 9.59 Å². The van der Waals surface area contributed by atoms with Gasteiger partial charge in [-0.2, -0.15) is 0 Å². The molecular weight excluding hydrogens is 436 g/mol. The summed E-state index contributed by atoms with van der Waals surface area (Å²) < 4.78 is 5.90. The Labute approximate surface area is 188 Å². The van der Waals surface area contributed by atoms with Gasteiger partial charge in [-0.15, -0.1) is 21.5 Å². The van der Waals surface area contributed by atoms with Crippen LogP contribution in [0.3, 0.4) is 0 Å². The van der Waals surface area contributed by atoms with Crippen LogP contribution < -0.4 is 4.90 Å². The minimum absolute atomic E-state index is 0.0170. The van der Waals surface area contributed by atoms with Crippen LogP contribution in [0.2, 0.25) is 5.02 Å². The van der Waals surface area contributed by atoms with E-state index in [1.807, 2.05) is 34.5 Å².